The maximum Gasteiger partial charge on any atom is 0.167 e. The number of hydrogen-bond donors (Lipinski definition) is 1. The Hall–Kier alpha value is -2.13. The molecule has 2 aromatic rings. The first-order valence-corrected chi connectivity index (χ1v) is 5.52. The van der Waals surface area contributed by atoms with Gasteiger partial charge >= 0.3 is 0 Å². The van der Waals surface area contributed by atoms with E-state index >= 15 is 0 Å². The van der Waals surface area contributed by atoms with Crippen molar-refractivity contribution < 1.29 is 4.84 Å². The second-order valence-electron chi connectivity index (χ2n) is 3.79. The average Bonchev–Trinajstić information content (AvgIpc) is 2.94. The maximum absolute atomic E-state index is 5.05. The summed E-state index contributed by atoms with van der Waals surface area (Å²) in [6, 6.07) is 18.4. The van der Waals surface area contributed by atoms with Crippen molar-refractivity contribution in [3.05, 3.63) is 60.2 Å². The van der Waals surface area contributed by atoms with Crippen molar-refractivity contribution in [2.75, 3.05) is 6.73 Å². The fourth-order valence-electron chi connectivity index (χ4n) is 1.93. The normalized spacial score (nSPS) is 14.2. The molecule has 0 bridgehead atoms. The molecule has 0 aromatic heterocycles. The predicted octanol–water partition coefficient (Wildman–Crippen LogP) is 2.59. The molecule has 84 valence electrons. The molecule has 1 aliphatic rings. The SMILES string of the molecule is c1ccc(-c2ccccc2C2=NCON2)cc1. The minimum atomic E-state index is 0.373. The van der Waals surface area contributed by atoms with Gasteiger partial charge in [-0.25, -0.2) is 10.5 Å². The van der Waals surface area contributed by atoms with E-state index in [9.17, 15) is 0 Å². The molecule has 2 aromatic carbocycles. The van der Waals surface area contributed by atoms with Gasteiger partial charge in [0.15, 0.2) is 12.6 Å². The number of benzene rings is 2. The molecule has 0 aliphatic carbocycles. The van der Waals surface area contributed by atoms with Crippen molar-refractivity contribution in [2.45, 2.75) is 0 Å². The van der Waals surface area contributed by atoms with Crippen LogP contribution in [0.25, 0.3) is 11.1 Å². The van der Waals surface area contributed by atoms with Crippen LogP contribution >= 0.6 is 0 Å². The first-order chi connectivity index (χ1) is 8.45. The van der Waals surface area contributed by atoms with Gasteiger partial charge in [-0.15, -0.1) is 0 Å². The fourth-order valence-corrected chi connectivity index (χ4v) is 1.93. The van der Waals surface area contributed by atoms with Crippen LogP contribution in [0.1, 0.15) is 5.56 Å². The highest BCUT2D eigenvalue weighted by molar-refractivity contribution is 6.04. The first-order valence-electron chi connectivity index (χ1n) is 5.52. The zero-order valence-electron chi connectivity index (χ0n) is 9.26. The Morgan fingerprint density at radius 3 is 2.29 bits per heavy atom. The van der Waals surface area contributed by atoms with Crippen LogP contribution < -0.4 is 5.48 Å². The zero-order valence-corrected chi connectivity index (χ0v) is 9.26. The molecule has 3 nitrogen and oxygen atoms in total. The molecular weight excluding hydrogens is 212 g/mol. The Morgan fingerprint density at radius 2 is 1.59 bits per heavy atom. The van der Waals surface area contributed by atoms with Gasteiger partial charge in [0.05, 0.1) is 0 Å². The summed E-state index contributed by atoms with van der Waals surface area (Å²) in [6.45, 7) is 0.373. The Labute approximate surface area is 99.7 Å². The number of aliphatic imine (C=N–C) groups is 1. The van der Waals surface area contributed by atoms with Gasteiger partial charge in [-0.3, -0.25) is 4.84 Å². The minimum absolute atomic E-state index is 0.373. The maximum atomic E-state index is 5.05. The standard InChI is InChI=1S/C14H12N2O/c1-2-6-11(7-3-1)12-8-4-5-9-13(12)14-15-10-17-16-14/h1-9H,10H2,(H,15,16). The quantitative estimate of drug-likeness (QED) is 0.850. The van der Waals surface area contributed by atoms with Gasteiger partial charge in [0, 0.05) is 5.56 Å². The van der Waals surface area contributed by atoms with E-state index < -0.39 is 0 Å². The van der Waals surface area contributed by atoms with Crippen molar-refractivity contribution >= 4 is 5.84 Å². The molecule has 17 heavy (non-hydrogen) atoms. The molecule has 0 amide bonds. The van der Waals surface area contributed by atoms with Crippen molar-refractivity contribution in [3.8, 4) is 11.1 Å². The van der Waals surface area contributed by atoms with Crippen molar-refractivity contribution in [1.82, 2.24) is 5.48 Å². The highest BCUT2D eigenvalue weighted by Gasteiger charge is 2.13. The second-order valence-corrected chi connectivity index (χ2v) is 3.79. The van der Waals surface area contributed by atoms with Crippen molar-refractivity contribution in [2.24, 2.45) is 4.99 Å². The van der Waals surface area contributed by atoms with Gasteiger partial charge in [-0.05, 0) is 11.1 Å². The largest absolute Gasteiger partial charge is 0.251 e. The summed E-state index contributed by atoms with van der Waals surface area (Å²) < 4.78 is 0. The Kier molecular flexibility index (Phi) is 2.60. The van der Waals surface area contributed by atoms with E-state index in [2.05, 4.69) is 28.7 Å². The van der Waals surface area contributed by atoms with E-state index in [1.807, 2.05) is 36.4 Å². The molecule has 0 saturated heterocycles. The van der Waals surface area contributed by atoms with E-state index in [0.29, 0.717) is 6.73 Å². The van der Waals surface area contributed by atoms with E-state index in [-0.39, 0.29) is 0 Å². The second kappa shape index (κ2) is 4.39. The molecule has 0 atom stereocenters. The summed E-state index contributed by atoms with van der Waals surface area (Å²) in [5.74, 6) is 0.796. The molecule has 1 heterocycles. The monoisotopic (exact) mass is 224 g/mol. The number of nitrogens with one attached hydrogen (secondary N) is 1. The lowest BCUT2D eigenvalue weighted by Gasteiger charge is -2.09. The third-order valence-corrected chi connectivity index (χ3v) is 2.72. The molecule has 1 aliphatic heterocycles. The third-order valence-electron chi connectivity index (χ3n) is 2.72. The van der Waals surface area contributed by atoms with Gasteiger partial charge in [0.25, 0.3) is 0 Å². The smallest absolute Gasteiger partial charge is 0.167 e. The molecule has 0 spiro atoms. The molecule has 1 N–H and O–H groups in total. The number of hydrogen-bond acceptors (Lipinski definition) is 3. The predicted molar refractivity (Wildman–Crippen MR) is 67.5 cm³/mol. The first kappa shape index (κ1) is 10.1. The number of amidine groups is 1. The Balaban J connectivity index is 2.11. The minimum Gasteiger partial charge on any atom is -0.251 e. The van der Waals surface area contributed by atoms with Crippen molar-refractivity contribution in [3.63, 3.8) is 0 Å². The summed E-state index contributed by atoms with van der Waals surface area (Å²) in [7, 11) is 0. The summed E-state index contributed by atoms with van der Waals surface area (Å²) in [4.78, 5) is 9.32. The lowest BCUT2D eigenvalue weighted by Crippen LogP contribution is -2.18. The van der Waals surface area contributed by atoms with Crippen LogP contribution in [0.2, 0.25) is 0 Å². The molecule has 0 fully saturated rings. The Morgan fingerprint density at radius 1 is 0.882 bits per heavy atom. The van der Waals surface area contributed by atoms with Crippen LogP contribution in [0.5, 0.6) is 0 Å². The number of hydroxylamine groups is 1. The zero-order chi connectivity index (χ0) is 11.5. The Bertz CT molecular complexity index is 549. The van der Waals surface area contributed by atoms with Gasteiger partial charge in [-0.1, -0.05) is 54.6 Å². The van der Waals surface area contributed by atoms with Crippen LogP contribution in [0, 0.1) is 0 Å². The molecule has 0 unspecified atom stereocenters. The number of nitrogens with zero attached hydrogens (tertiary/aromatic N) is 1. The molecular formula is C14H12N2O. The van der Waals surface area contributed by atoms with E-state index in [4.69, 9.17) is 4.84 Å². The lowest BCUT2D eigenvalue weighted by atomic mass is 9.99. The summed E-state index contributed by atoms with van der Waals surface area (Å²) in [6.07, 6.45) is 0. The van der Waals surface area contributed by atoms with Gasteiger partial charge < -0.3 is 0 Å². The van der Waals surface area contributed by atoms with Crippen LogP contribution in [0.15, 0.2) is 59.6 Å². The molecule has 0 radical (unpaired) electrons. The average molecular weight is 224 g/mol. The van der Waals surface area contributed by atoms with Crippen molar-refractivity contribution in [1.29, 1.82) is 0 Å². The molecule has 3 rings (SSSR count). The van der Waals surface area contributed by atoms with Crippen LogP contribution in [0.3, 0.4) is 0 Å². The van der Waals surface area contributed by atoms with E-state index in [0.717, 1.165) is 17.0 Å². The summed E-state index contributed by atoms with van der Waals surface area (Å²) in [5.41, 5.74) is 6.24. The lowest BCUT2D eigenvalue weighted by molar-refractivity contribution is 0.115. The fraction of sp³-hybridized carbons (Fsp3) is 0.0714. The summed E-state index contributed by atoms with van der Waals surface area (Å²) in [5, 5.41) is 0. The van der Waals surface area contributed by atoms with Crippen LogP contribution in [-0.2, 0) is 4.84 Å². The highest BCUT2D eigenvalue weighted by Crippen LogP contribution is 2.24. The van der Waals surface area contributed by atoms with Gasteiger partial charge in [0.1, 0.15) is 0 Å². The van der Waals surface area contributed by atoms with Crippen LogP contribution in [-0.4, -0.2) is 12.6 Å². The summed E-state index contributed by atoms with van der Waals surface area (Å²) >= 11 is 0. The molecule has 0 saturated carbocycles. The highest BCUT2D eigenvalue weighted by atomic mass is 16.7. The van der Waals surface area contributed by atoms with E-state index in [1.54, 1.807) is 0 Å². The van der Waals surface area contributed by atoms with Gasteiger partial charge in [0.2, 0.25) is 0 Å². The van der Waals surface area contributed by atoms with Crippen LogP contribution in [0.4, 0.5) is 0 Å². The number of rotatable bonds is 2. The van der Waals surface area contributed by atoms with Gasteiger partial charge in [-0.2, -0.15) is 0 Å². The third kappa shape index (κ3) is 1.92. The molecule has 3 heteroatoms. The van der Waals surface area contributed by atoms with E-state index in [1.165, 1.54) is 5.56 Å². The topological polar surface area (TPSA) is 33.6 Å².